The summed E-state index contributed by atoms with van der Waals surface area (Å²) in [6.45, 7) is 0.632. The minimum atomic E-state index is -0.913. The Kier molecular flexibility index (Phi) is 3.31. The van der Waals surface area contributed by atoms with Gasteiger partial charge in [-0.15, -0.1) is 0 Å². The standard InChI is InChI=1S/C16H15N3O2/c1-19-11(8-9-18-19)10-17-15-7-6-14(16(20)21)12-4-2-3-5-13(12)15/h2-9,17H,10H2,1H3,(H,20,21). The number of carboxylic acids is 1. The highest BCUT2D eigenvalue weighted by Crippen LogP contribution is 2.27. The molecule has 3 rings (SSSR count). The van der Waals surface area contributed by atoms with Crippen LogP contribution in [0.1, 0.15) is 16.1 Å². The molecule has 106 valence electrons. The van der Waals surface area contributed by atoms with Crippen molar-refractivity contribution in [2.75, 3.05) is 5.32 Å². The van der Waals surface area contributed by atoms with Crippen molar-refractivity contribution in [2.45, 2.75) is 6.54 Å². The highest BCUT2D eigenvalue weighted by atomic mass is 16.4. The van der Waals surface area contributed by atoms with E-state index in [1.807, 2.05) is 43.4 Å². The highest BCUT2D eigenvalue weighted by Gasteiger charge is 2.11. The lowest BCUT2D eigenvalue weighted by Crippen LogP contribution is -2.06. The fraction of sp³-hybridized carbons (Fsp3) is 0.125. The SMILES string of the molecule is Cn1nccc1CNc1ccc(C(=O)O)c2ccccc12. The van der Waals surface area contributed by atoms with Crippen molar-refractivity contribution >= 4 is 22.4 Å². The van der Waals surface area contributed by atoms with E-state index in [0.29, 0.717) is 12.1 Å². The molecule has 2 N–H and O–H groups in total. The number of carbonyl (C=O) groups is 1. The van der Waals surface area contributed by atoms with E-state index in [1.165, 1.54) is 0 Å². The van der Waals surface area contributed by atoms with Crippen molar-refractivity contribution in [1.29, 1.82) is 0 Å². The molecule has 0 amide bonds. The predicted octanol–water partition coefficient (Wildman–Crippen LogP) is 2.88. The van der Waals surface area contributed by atoms with Gasteiger partial charge in [-0.25, -0.2) is 4.79 Å². The van der Waals surface area contributed by atoms with Crippen LogP contribution < -0.4 is 5.32 Å². The first-order chi connectivity index (χ1) is 10.2. The molecule has 1 aromatic heterocycles. The third-order valence-electron chi connectivity index (χ3n) is 3.54. The van der Waals surface area contributed by atoms with E-state index < -0.39 is 5.97 Å². The number of benzene rings is 2. The second-order valence-electron chi connectivity index (χ2n) is 4.81. The van der Waals surface area contributed by atoms with E-state index in [1.54, 1.807) is 16.9 Å². The molecule has 5 heteroatoms. The average Bonchev–Trinajstić information content (AvgIpc) is 2.89. The van der Waals surface area contributed by atoms with E-state index in [-0.39, 0.29) is 0 Å². The number of anilines is 1. The van der Waals surface area contributed by atoms with Crippen molar-refractivity contribution in [3.05, 3.63) is 59.9 Å². The predicted molar refractivity (Wildman–Crippen MR) is 81.4 cm³/mol. The summed E-state index contributed by atoms with van der Waals surface area (Å²) in [6, 6.07) is 12.9. The quantitative estimate of drug-likeness (QED) is 0.771. The maximum Gasteiger partial charge on any atom is 0.336 e. The number of hydrogen-bond donors (Lipinski definition) is 2. The van der Waals surface area contributed by atoms with Gasteiger partial charge in [0.15, 0.2) is 0 Å². The van der Waals surface area contributed by atoms with Crippen LogP contribution in [0.5, 0.6) is 0 Å². The smallest absolute Gasteiger partial charge is 0.336 e. The number of aromatic carboxylic acids is 1. The fourth-order valence-corrected chi connectivity index (χ4v) is 2.40. The zero-order valence-electron chi connectivity index (χ0n) is 11.6. The van der Waals surface area contributed by atoms with Crippen LogP contribution in [0.4, 0.5) is 5.69 Å². The second kappa shape index (κ2) is 5.28. The lowest BCUT2D eigenvalue weighted by Gasteiger charge is -2.11. The Bertz CT molecular complexity index is 808. The number of nitrogens with zero attached hydrogens (tertiary/aromatic N) is 2. The van der Waals surface area contributed by atoms with Gasteiger partial charge in [0.25, 0.3) is 0 Å². The Labute approximate surface area is 121 Å². The van der Waals surface area contributed by atoms with Gasteiger partial charge in [0, 0.05) is 24.3 Å². The molecule has 0 saturated carbocycles. The van der Waals surface area contributed by atoms with E-state index in [2.05, 4.69) is 10.4 Å². The number of carboxylic acid groups (broad SMARTS) is 1. The van der Waals surface area contributed by atoms with Gasteiger partial charge in [-0.05, 0) is 23.6 Å². The second-order valence-corrected chi connectivity index (χ2v) is 4.81. The molecule has 2 aromatic carbocycles. The van der Waals surface area contributed by atoms with Gasteiger partial charge >= 0.3 is 5.97 Å². The van der Waals surface area contributed by atoms with Crippen molar-refractivity contribution in [3.63, 3.8) is 0 Å². The Morgan fingerprint density at radius 1 is 1.19 bits per heavy atom. The van der Waals surface area contributed by atoms with Gasteiger partial charge < -0.3 is 10.4 Å². The van der Waals surface area contributed by atoms with Crippen LogP contribution in [0, 0.1) is 0 Å². The number of rotatable bonds is 4. The van der Waals surface area contributed by atoms with Gasteiger partial charge in [-0.1, -0.05) is 24.3 Å². The maximum absolute atomic E-state index is 11.3. The van der Waals surface area contributed by atoms with Crippen molar-refractivity contribution in [2.24, 2.45) is 7.05 Å². The third-order valence-corrected chi connectivity index (χ3v) is 3.54. The van der Waals surface area contributed by atoms with Crippen molar-refractivity contribution in [3.8, 4) is 0 Å². The normalized spacial score (nSPS) is 10.7. The summed E-state index contributed by atoms with van der Waals surface area (Å²) in [5.74, 6) is -0.913. The Morgan fingerprint density at radius 2 is 1.95 bits per heavy atom. The monoisotopic (exact) mass is 281 g/mol. The lowest BCUT2D eigenvalue weighted by molar-refractivity contribution is 0.0699. The first-order valence-corrected chi connectivity index (χ1v) is 6.62. The van der Waals surface area contributed by atoms with Crippen LogP contribution >= 0.6 is 0 Å². The third kappa shape index (κ3) is 2.45. The zero-order valence-corrected chi connectivity index (χ0v) is 11.6. The summed E-state index contributed by atoms with van der Waals surface area (Å²) >= 11 is 0. The summed E-state index contributed by atoms with van der Waals surface area (Å²) in [6.07, 6.45) is 1.75. The van der Waals surface area contributed by atoms with Gasteiger partial charge in [0.2, 0.25) is 0 Å². The van der Waals surface area contributed by atoms with E-state index in [0.717, 1.165) is 22.2 Å². The maximum atomic E-state index is 11.3. The Balaban J connectivity index is 1.98. The summed E-state index contributed by atoms with van der Waals surface area (Å²) in [7, 11) is 1.89. The summed E-state index contributed by atoms with van der Waals surface area (Å²) in [5, 5.41) is 18.4. The number of hydrogen-bond acceptors (Lipinski definition) is 3. The van der Waals surface area contributed by atoms with Gasteiger partial charge in [-0.3, -0.25) is 4.68 Å². The number of aryl methyl sites for hydroxylation is 1. The molecule has 3 aromatic rings. The largest absolute Gasteiger partial charge is 0.478 e. The molecular weight excluding hydrogens is 266 g/mol. The topological polar surface area (TPSA) is 67.2 Å². The summed E-state index contributed by atoms with van der Waals surface area (Å²) in [4.78, 5) is 11.3. The number of aromatic nitrogens is 2. The van der Waals surface area contributed by atoms with Crippen LogP contribution in [0.2, 0.25) is 0 Å². The Hall–Kier alpha value is -2.82. The minimum Gasteiger partial charge on any atom is -0.478 e. The van der Waals surface area contributed by atoms with E-state index in [4.69, 9.17) is 0 Å². The molecule has 0 fully saturated rings. The van der Waals surface area contributed by atoms with Gasteiger partial charge in [0.1, 0.15) is 0 Å². The molecule has 5 nitrogen and oxygen atoms in total. The molecular formula is C16H15N3O2. The zero-order chi connectivity index (χ0) is 14.8. The molecule has 0 aliphatic carbocycles. The van der Waals surface area contributed by atoms with Crippen molar-refractivity contribution in [1.82, 2.24) is 9.78 Å². The van der Waals surface area contributed by atoms with Crippen molar-refractivity contribution < 1.29 is 9.90 Å². The molecule has 0 unspecified atom stereocenters. The molecule has 0 bridgehead atoms. The fourth-order valence-electron chi connectivity index (χ4n) is 2.40. The van der Waals surface area contributed by atoms with E-state index in [9.17, 15) is 9.90 Å². The molecule has 0 saturated heterocycles. The van der Waals surface area contributed by atoms with Crippen LogP contribution in [-0.4, -0.2) is 20.9 Å². The molecule has 21 heavy (non-hydrogen) atoms. The minimum absolute atomic E-state index is 0.316. The lowest BCUT2D eigenvalue weighted by atomic mass is 10.0. The first-order valence-electron chi connectivity index (χ1n) is 6.62. The van der Waals surface area contributed by atoms with Crippen LogP contribution in [0.25, 0.3) is 10.8 Å². The molecule has 0 radical (unpaired) electrons. The molecule has 1 heterocycles. The molecule has 0 aliphatic rings. The van der Waals surface area contributed by atoms with Gasteiger partial charge in [-0.2, -0.15) is 5.10 Å². The first kappa shape index (κ1) is 13.2. The summed E-state index contributed by atoms with van der Waals surface area (Å²) in [5.41, 5.74) is 2.29. The molecule has 0 aliphatic heterocycles. The Morgan fingerprint density at radius 3 is 2.62 bits per heavy atom. The van der Waals surface area contributed by atoms with E-state index >= 15 is 0 Å². The molecule has 0 atom stereocenters. The number of nitrogens with one attached hydrogen (secondary N) is 1. The summed E-state index contributed by atoms with van der Waals surface area (Å²) < 4.78 is 1.81. The average molecular weight is 281 g/mol. The number of fused-ring (bicyclic) bond motifs is 1. The van der Waals surface area contributed by atoms with Gasteiger partial charge in [0.05, 0.1) is 17.8 Å². The van der Waals surface area contributed by atoms with Crippen LogP contribution in [-0.2, 0) is 13.6 Å². The van der Waals surface area contributed by atoms with Crippen LogP contribution in [0.15, 0.2) is 48.7 Å². The van der Waals surface area contributed by atoms with Crippen LogP contribution in [0.3, 0.4) is 0 Å². The molecule has 0 spiro atoms. The highest BCUT2D eigenvalue weighted by molar-refractivity contribution is 6.07.